The topological polar surface area (TPSA) is 103 Å². The average Bonchev–Trinajstić information content (AvgIpc) is 3.32. The molecule has 196 valence electrons. The van der Waals surface area contributed by atoms with Gasteiger partial charge in [-0.15, -0.1) is 0 Å². The fourth-order valence-corrected chi connectivity index (χ4v) is 4.84. The number of aliphatic hydroxyl groups is 1. The summed E-state index contributed by atoms with van der Waals surface area (Å²) in [5.41, 5.74) is -0.454. The first kappa shape index (κ1) is 25.6. The minimum Gasteiger partial charge on any atom is -0.497 e. The number of ether oxygens (including phenoxy) is 3. The minimum absolute atomic E-state index is 0.0195. The number of H-pyrrole nitrogens is 1. The first-order chi connectivity index (χ1) is 18.4. The fourth-order valence-electron chi connectivity index (χ4n) is 4.84. The Bertz CT molecular complexity index is 1450. The van der Waals surface area contributed by atoms with E-state index in [1.54, 1.807) is 7.11 Å². The van der Waals surface area contributed by atoms with Gasteiger partial charge in [-0.1, -0.05) is 72.8 Å². The van der Waals surface area contributed by atoms with Crippen molar-refractivity contribution in [3.05, 3.63) is 134 Å². The zero-order chi connectivity index (χ0) is 26.7. The third-order valence-electron chi connectivity index (χ3n) is 6.76. The predicted octanol–water partition coefficient (Wildman–Crippen LogP) is 3.34. The summed E-state index contributed by atoms with van der Waals surface area (Å²) in [6.07, 6.45) is -1.99. The molecule has 1 aromatic heterocycles. The summed E-state index contributed by atoms with van der Waals surface area (Å²) in [4.78, 5) is 25.6. The Morgan fingerprint density at radius 1 is 0.974 bits per heavy atom. The Hall–Kier alpha value is -4.05. The Labute approximate surface area is 217 Å². The van der Waals surface area contributed by atoms with E-state index in [9.17, 15) is 19.1 Å². The summed E-state index contributed by atoms with van der Waals surface area (Å²) >= 11 is 0. The molecule has 0 bridgehead atoms. The van der Waals surface area contributed by atoms with Crippen LogP contribution in [0.5, 0.6) is 5.75 Å². The molecule has 8 nitrogen and oxygen atoms in total. The molecule has 3 aromatic carbocycles. The van der Waals surface area contributed by atoms with Crippen molar-refractivity contribution < 1.29 is 23.7 Å². The van der Waals surface area contributed by atoms with Gasteiger partial charge in [0.25, 0.3) is 5.56 Å². The van der Waals surface area contributed by atoms with Gasteiger partial charge in [0.05, 0.1) is 26.0 Å². The molecule has 38 heavy (non-hydrogen) atoms. The molecule has 1 aliphatic heterocycles. The molecule has 9 heteroatoms. The van der Waals surface area contributed by atoms with E-state index >= 15 is 0 Å². The van der Waals surface area contributed by atoms with Crippen LogP contribution in [-0.2, 0) is 15.1 Å². The van der Waals surface area contributed by atoms with E-state index in [-0.39, 0.29) is 13.0 Å². The third kappa shape index (κ3) is 4.79. The van der Waals surface area contributed by atoms with Gasteiger partial charge in [-0.05, 0) is 28.8 Å². The number of aliphatic hydroxyl groups excluding tert-OH is 1. The SMILES string of the molecule is COc1ccc(C(OC[C@@H]2O[C@H](n3cc(F)c(=O)[nH]c3=O)CC2O)(c2ccccc2)c2ccccc2)cc1. The lowest BCUT2D eigenvalue weighted by Crippen LogP contribution is -2.38. The molecule has 2 N–H and O–H groups in total. The molecule has 4 aromatic rings. The lowest BCUT2D eigenvalue weighted by Gasteiger charge is -2.37. The highest BCUT2D eigenvalue weighted by atomic mass is 19.1. The third-order valence-corrected chi connectivity index (χ3v) is 6.76. The Morgan fingerprint density at radius 3 is 2.13 bits per heavy atom. The number of benzene rings is 3. The van der Waals surface area contributed by atoms with Gasteiger partial charge in [-0.2, -0.15) is 4.39 Å². The zero-order valence-electron chi connectivity index (χ0n) is 20.6. The number of hydrogen-bond donors (Lipinski definition) is 2. The van der Waals surface area contributed by atoms with Crippen LogP contribution in [-0.4, -0.2) is 40.6 Å². The van der Waals surface area contributed by atoms with Gasteiger partial charge in [0.2, 0.25) is 5.82 Å². The smallest absolute Gasteiger partial charge is 0.330 e. The van der Waals surface area contributed by atoms with Crippen molar-refractivity contribution in [2.45, 2.75) is 30.5 Å². The number of hydrogen-bond acceptors (Lipinski definition) is 6. The van der Waals surface area contributed by atoms with Crippen LogP contribution in [0.4, 0.5) is 4.39 Å². The van der Waals surface area contributed by atoms with E-state index in [1.165, 1.54) is 0 Å². The van der Waals surface area contributed by atoms with Gasteiger partial charge in [-0.3, -0.25) is 14.3 Å². The van der Waals surface area contributed by atoms with Crippen LogP contribution in [0.25, 0.3) is 0 Å². The second kappa shape index (κ2) is 10.7. The summed E-state index contributed by atoms with van der Waals surface area (Å²) in [6, 6.07) is 27.0. The quantitative estimate of drug-likeness (QED) is 0.347. The lowest BCUT2D eigenvalue weighted by atomic mass is 9.80. The second-order valence-electron chi connectivity index (χ2n) is 9.03. The molecule has 1 unspecified atom stereocenters. The van der Waals surface area contributed by atoms with Gasteiger partial charge in [0.15, 0.2) is 0 Å². The van der Waals surface area contributed by atoms with Crippen molar-refractivity contribution in [2.24, 2.45) is 0 Å². The number of nitrogens with zero attached hydrogens (tertiary/aromatic N) is 1. The lowest BCUT2D eigenvalue weighted by molar-refractivity contribution is -0.0945. The monoisotopic (exact) mass is 518 g/mol. The largest absolute Gasteiger partial charge is 0.497 e. The van der Waals surface area contributed by atoms with Crippen LogP contribution in [0.1, 0.15) is 29.3 Å². The van der Waals surface area contributed by atoms with Crippen LogP contribution in [0.3, 0.4) is 0 Å². The molecule has 1 aliphatic rings. The van der Waals surface area contributed by atoms with Crippen LogP contribution in [0.15, 0.2) is 101 Å². The number of nitrogens with one attached hydrogen (secondary N) is 1. The average molecular weight is 519 g/mol. The van der Waals surface area contributed by atoms with Gasteiger partial charge in [0.1, 0.15) is 23.7 Å². The molecule has 0 amide bonds. The van der Waals surface area contributed by atoms with Crippen molar-refractivity contribution in [3.8, 4) is 5.75 Å². The van der Waals surface area contributed by atoms with Crippen molar-refractivity contribution >= 4 is 0 Å². The van der Waals surface area contributed by atoms with Crippen LogP contribution >= 0.6 is 0 Å². The first-order valence-electron chi connectivity index (χ1n) is 12.2. The standard InChI is InChI=1S/C29H27FN2O6/c1-36-22-14-12-21(13-15-22)29(19-8-4-2-5-9-19,20-10-6-3-7-11-20)37-18-25-24(33)16-26(38-25)32-17-23(30)27(34)31-28(32)35/h2-15,17,24-26,33H,16,18H2,1H3,(H,31,34,35)/t24?,25-,26-/m0/s1. The van der Waals surface area contributed by atoms with Crippen molar-refractivity contribution in [1.29, 1.82) is 0 Å². The maximum absolute atomic E-state index is 13.9. The summed E-state index contributed by atoms with van der Waals surface area (Å²) in [5.74, 6) is -0.422. The van der Waals surface area contributed by atoms with Gasteiger partial charge >= 0.3 is 5.69 Å². The first-order valence-corrected chi connectivity index (χ1v) is 12.2. The van der Waals surface area contributed by atoms with Crippen LogP contribution in [0.2, 0.25) is 0 Å². The minimum atomic E-state index is -1.12. The molecule has 1 fully saturated rings. The van der Waals surface area contributed by atoms with Crippen molar-refractivity contribution in [3.63, 3.8) is 0 Å². The molecule has 1 saturated heterocycles. The molecule has 0 saturated carbocycles. The molecule has 2 heterocycles. The number of aromatic amines is 1. The molecule has 0 radical (unpaired) electrons. The molecule has 3 atom stereocenters. The summed E-state index contributed by atoms with van der Waals surface area (Å²) in [6.45, 7) is -0.0475. The predicted molar refractivity (Wildman–Crippen MR) is 138 cm³/mol. The molecule has 0 aliphatic carbocycles. The summed E-state index contributed by atoms with van der Waals surface area (Å²) < 4.78 is 32.8. The highest BCUT2D eigenvalue weighted by molar-refractivity contribution is 5.48. The molecular formula is C29H27FN2O6. The number of aromatic nitrogens is 2. The summed E-state index contributed by atoms with van der Waals surface area (Å²) in [5, 5.41) is 10.8. The van der Waals surface area contributed by atoms with Crippen molar-refractivity contribution in [1.82, 2.24) is 9.55 Å². The van der Waals surface area contributed by atoms with Gasteiger partial charge in [0, 0.05) is 6.42 Å². The van der Waals surface area contributed by atoms with Gasteiger partial charge < -0.3 is 19.3 Å². The fraction of sp³-hybridized carbons (Fsp3) is 0.241. The second-order valence-corrected chi connectivity index (χ2v) is 9.03. The van der Waals surface area contributed by atoms with E-state index in [4.69, 9.17) is 14.2 Å². The van der Waals surface area contributed by atoms with E-state index in [0.29, 0.717) is 5.75 Å². The Morgan fingerprint density at radius 2 is 1.55 bits per heavy atom. The molecule has 5 rings (SSSR count). The van der Waals surface area contributed by atoms with Crippen LogP contribution < -0.4 is 16.0 Å². The van der Waals surface area contributed by atoms with E-state index in [1.807, 2.05) is 89.9 Å². The number of methoxy groups -OCH3 is 1. The number of rotatable bonds is 8. The summed E-state index contributed by atoms with van der Waals surface area (Å²) in [7, 11) is 1.60. The zero-order valence-corrected chi connectivity index (χ0v) is 20.6. The Balaban J connectivity index is 1.52. The van der Waals surface area contributed by atoms with E-state index in [0.717, 1.165) is 27.5 Å². The van der Waals surface area contributed by atoms with Crippen LogP contribution in [0, 0.1) is 5.82 Å². The normalized spacial score (nSPS) is 19.4. The highest BCUT2D eigenvalue weighted by Crippen LogP contribution is 2.42. The molecule has 0 spiro atoms. The number of halogens is 1. The maximum atomic E-state index is 13.9. The maximum Gasteiger partial charge on any atom is 0.330 e. The Kier molecular flexibility index (Phi) is 7.24. The highest BCUT2D eigenvalue weighted by Gasteiger charge is 2.42. The molecular weight excluding hydrogens is 491 g/mol. The van der Waals surface area contributed by atoms with E-state index < -0.39 is 41.1 Å². The van der Waals surface area contributed by atoms with Gasteiger partial charge in [-0.25, -0.2) is 4.79 Å². The van der Waals surface area contributed by atoms with Crippen molar-refractivity contribution in [2.75, 3.05) is 13.7 Å². The van der Waals surface area contributed by atoms with E-state index in [2.05, 4.69) is 0 Å².